The first kappa shape index (κ1) is 17.2. The third-order valence-electron chi connectivity index (χ3n) is 4.60. The molecular weight excluding hydrogens is 318 g/mol. The van der Waals surface area contributed by atoms with Gasteiger partial charge in [-0.15, -0.1) is 0 Å². The van der Waals surface area contributed by atoms with Gasteiger partial charge in [-0.3, -0.25) is 4.79 Å². The van der Waals surface area contributed by atoms with Crippen molar-refractivity contribution in [2.45, 2.75) is 38.3 Å². The summed E-state index contributed by atoms with van der Waals surface area (Å²) in [5.74, 6) is 0. The van der Waals surface area contributed by atoms with Crippen molar-refractivity contribution in [1.82, 2.24) is 9.88 Å². The number of hydrogen-bond acceptors (Lipinski definition) is 3. The van der Waals surface area contributed by atoms with Crippen molar-refractivity contribution >= 4 is 11.7 Å². The largest absolute Gasteiger partial charge is 0.388 e. The van der Waals surface area contributed by atoms with E-state index in [2.05, 4.69) is 10.6 Å². The van der Waals surface area contributed by atoms with Crippen molar-refractivity contribution in [3.8, 4) is 0 Å². The molecule has 6 heteroatoms. The average molecular weight is 341 g/mol. The van der Waals surface area contributed by atoms with E-state index in [9.17, 15) is 14.7 Å². The lowest BCUT2D eigenvalue weighted by molar-refractivity contribution is -0.0287. The number of benzene rings is 1. The Hall–Kier alpha value is -2.60. The Balaban J connectivity index is 1.65. The first-order valence-corrected chi connectivity index (χ1v) is 8.47. The highest BCUT2D eigenvalue weighted by Gasteiger charge is 2.34. The Morgan fingerprint density at radius 1 is 1.24 bits per heavy atom. The van der Waals surface area contributed by atoms with Gasteiger partial charge in [0.05, 0.1) is 12.1 Å². The van der Waals surface area contributed by atoms with E-state index in [1.165, 1.54) is 0 Å². The maximum atomic E-state index is 12.5. The van der Waals surface area contributed by atoms with E-state index >= 15 is 0 Å². The van der Waals surface area contributed by atoms with Crippen molar-refractivity contribution < 1.29 is 9.90 Å². The maximum Gasteiger partial charge on any atom is 0.319 e. The SMILES string of the molecule is Cc1ccc(Cn2cccc(NC(=O)NCC3(O)CCC3)c2=O)cc1. The number of carbonyl (C=O) groups excluding carboxylic acids is 1. The number of aryl methyl sites for hydroxylation is 1. The number of aliphatic hydroxyl groups is 1. The number of carbonyl (C=O) groups is 1. The molecule has 0 aliphatic heterocycles. The van der Waals surface area contributed by atoms with Crippen LogP contribution >= 0.6 is 0 Å². The molecule has 0 radical (unpaired) electrons. The standard InChI is InChI=1S/C19H23N3O3/c1-14-5-7-15(8-6-14)12-22-11-2-4-16(17(22)23)21-18(24)20-13-19(25)9-3-10-19/h2,4-8,11,25H,3,9-10,12-13H2,1H3,(H2,20,21,24). The summed E-state index contributed by atoms with van der Waals surface area (Å²) in [5, 5.41) is 15.2. The number of nitrogens with zero attached hydrogens (tertiary/aromatic N) is 1. The van der Waals surface area contributed by atoms with Crippen molar-refractivity contribution in [2.75, 3.05) is 11.9 Å². The molecule has 0 bridgehead atoms. The molecule has 6 nitrogen and oxygen atoms in total. The van der Waals surface area contributed by atoms with Gasteiger partial charge in [0, 0.05) is 12.7 Å². The molecule has 1 heterocycles. The van der Waals surface area contributed by atoms with E-state index in [1.54, 1.807) is 22.9 Å². The minimum absolute atomic E-state index is 0.198. The quantitative estimate of drug-likeness (QED) is 0.780. The van der Waals surface area contributed by atoms with Crippen LogP contribution in [0.4, 0.5) is 10.5 Å². The highest BCUT2D eigenvalue weighted by Crippen LogP contribution is 2.30. The monoisotopic (exact) mass is 341 g/mol. The molecule has 132 valence electrons. The van der Waals surface area contributed by atoms with Crippen LogP contribution in [0.2, 0.25) is 0 Å². The molecule has 2 aromatic rings. The lowest BCUT2D eigenvalue weighted by Crippen LogP contribution is -2.49. The summed E-state index contributed by atoms with van der Waals surface area (Å²) in [5.41, 5.74) is 1.34. The summed E-state index contributed by atoms with van der Waals surface area (Å²) < 4.78 is 1.56. The van der Waals surface area contributed by atoms with Crippen molar-refractivity contribution in [3.05, 3.63) is 64.1 Å². The summed E-state index contributed by atoms with van der Waals surface area (Å²) in [6.07, 6.45) is 4.06. The number of rotatable bonds is 5. The summed E-state index contributed by atoms with van der Waals surface area (Å²) in [6.45, 7) is 2.65. The molecule has 1 aliphatic rings. The molecule has 3 rings (SSSR count). The predicted molar refractivity (Wildman–Crippen MR) is 96.8 cm³/mol. The smallest absolute Gasteiger partial charge is 0.319 e. The number of hydrogen-bond donors (Lipinski definition) is 3. The van der Waals surface area contributed by atoms with Crippen LogP contribution in [0.3, 0.4) is 0 Å². The second kappa shape index (κ2) is 7.11. The van der Waals surface area contributed by atoms with Gasteiger partial charge < -0.3 is 20.3 Å². The number of pyridine rings is 1. The fraction of sp³-hybridized carbons (Fsp3) is 0.368. The first-order valence-electron chi connectivity index (χ1n) is 8.47. The van der Waals surface area contributed by atoms with Crippen LogP contribution in [0, 0.1) is 6.92 Å². The molecule has 1 aromatic heterocycles. The highest BCUT2D eigenvalue weighted by molar-refractivity contribution is 5.89. The zero-order valence-corrected chi connectivity index (χ0v) is 14.3. The van der Waals surface area contributed by atoms with Crippen LogP contribution in [-0.2, 0) is 6.54 Å². The Kier molecular flexibility index (Phi) is 4.90. The van der Waals surface area contributed by atoms with Gasteiger partial charge in [0.15, 0.2) is 0 Å². The third kappa shape index (κ3) is 4.28. The van der Waals surface area contributed by atoms with E-state index in [4.69, 9.17) is 0 Å². The summed E-state index contributed by atoms with van der Waals surface area (Å²) in [4.78, 5) is 24.5. The van der Waals surface area contributed by atoms with Gasteiger partial charge in [0.1, 0.15) is 5.69 Å². The number of nitrogens with one attached hydrogen (secondary N) is 2. The molecule has 3 N–H and O–H groups in total. The zero-order chi connectivity index (χ0) is 17.9. The molecule has 0 saturated heterocycles. The van der Waals surface area contributed by atoms with Crippen molar-refractivity contribution in [2.24, 2.45) is 0 Å². The van der Waals surface area contributed by atoms with Crippen LogP contribution in [0.15, 0.2) is 47.4 Å². The topological polar surface area (TPSA) is 83.4 Å². The predicted octanol–water partition coefficient (Wildman–Crippen LogP) is 2.24. The van der Waals surface area contributed by atoms with Crippen LogP contribution in [-0.4, -0.2) is 27.9 Å². The van der Waals surface area contributed by atoms with E-state index in [0.29, 0.717) is 19.4 Å². The van der Waals surface area contributed by atoms with Crippen LogP contribution in [0.25, 0.3) is 0 Å². The molecule has 1 aromatic carbocycles. The highest BCUT2D eigenvalue weighted by atomic mass is 16.3. The zero-order valence-electron chi connectivity index (χ0n) is 14.3. The molecule has 1 aliphatic carbocycles. The molecule has 0 atom stereocenters. The van der Waals surface area contributed by atoms with Gasteiger partial charge in [-0.05, 0) is 43.9 Å². The molecular formula is C19H23N3O3. The minimum atomic E-state index is -0.792. The lowest BCUT2D eigenvalue weighted by Gasteiger charge is -2.36. The summed E-state index contributed by atoms with van der Waals surface area (Å²) in [7, 11) is 0. The van der Waals surface area contributed by atoms with Crippen molar-refractivity contribution in [3.63, 3.8) is 0 Å². The minimum Gasteiger partial charge on any atom is -0.388 e. The molecule has 0 spiro atoms. The van der Waals surface area contributed by atoms with E-state index in [1.807, 2.05) is 31.2 Å². The van der Waals surface area contributed by atoms with Gasteiger partial charge in [-0.25, -0.2) is 4.79 Å². The fourth-order valence-corrected chi connectivity index (χ4v) is 2.82. The Bertz CT molecular complexity index is 807. The van der Waals surface area contributed by atoms with E-state index < -0.39 is 11.6 Å². The van der Waals surface area contributed by atoms with Crippen molar-refractivity contribution in [1.29, 1.82) is 0 Å². The van der Waals surface area contributed by atoms with Gasteiger partial charge in [0.25, 0.3) is 5.56 Å². The Labute approximate surface area is 146 Å². The first-order chi connectivity index (χ1) is 12.0. The fourth-order valence-electron chi connectivity index (χ4n) is 2.82. The molecule has 1 saturated carbocycles. The number of aromatic nitrogens is 1. The van der Waals surface area contributed by atoms with Gasteiger partial charge >= 0.3 is 6.03 Å². The molecule has 2 amide bonds. The number of urea groups is 1. The van der Waals surface area contributed by atoms with Gasteiger partial charge in [-0.1, -0.05) is 29.8 Å². The molecule has 25 heavy (non-hydrogen) atoms. The lowest BCUT2D eigenvalue weighted by atomic mass is 9.80. The Morgan fingerprint density at radius 2 is 1.96 bits per heavy atom. The molecule has 1 fully saturated rings. The molecule has 0 unspecified atom stereocenters. The number of amides is 2. The maximum absolute atomic E-state index is 12.5. The van der Waals surface area contributed by atoms with E-state index in [-0.39, 0.29) is 17.8 Å². The van der Waals surface area contributed by atoms with Crippen LogP contribution in [0.1, 0.15) is 30.4 Å². The Morgan fingerprint density at radius 3 is 2.60 bits per heavy atom. The second-order valence-corrected chi connectivity index (χ2v) is 6.73. The van der Waals surface area contributed by atoms with E-state index in [0.717, 1.165) is 17.5 Å². The second-order valence-electron chi connectivity index (χ2n) is 6.73. The normalized spacial score (nSPS) is 15.3. The van der Waals surface area contributed by atoms with Gasteiger partial charge in [0.2, 0.25) is 0 Å². The number of anilines is 1. The van der Waals surface area contributed by atoms with Crippen LogP contribution in [0.5, 0.6) is 0 Å². The average Bonchev–Trinajstić information content (AvgIpc) is 2.57. The van der Waals surface area contributed by atoms with Crippen LogP contribution < -0.4 is 16.2 Å². The summed E-state index contributed by atoms with van der Waals surface area (Å²) in [6, 6.07) is 10.8. The summed E-state index contributed by atoms with van der Waals surface area (Å²) >= 11 is 0. The third-order valence-corrected chi connectivity index (χ3v) is 4.60. The van der Waals surface area contributed by atoms with Gasteiger partial charge in [-0.2, -0.15) is 0 Å².